The lowest BCUT2D eigenvalue weighted by atomic mass is 10.0. The predicted octanol–water partition coefficient (Wildman–Crippen LogP) is 4.91. The van der Waals surface area contributed by atoms with Gasteiger partial charge >= 0.3 is 0 Å². The van der Waals surface area contributed by atoms with Crippen molar-refractivity contribution in [2.24, 2.45) is 0 Å². The van der Waals surface area contributed by atoms with Gasteiger partial charge in [0.05, 0.1) is 12.8 Å². The van der Waals surface area contributed by atoms with Gasteiger partial charge in [-0.05, 0) is 36.6 Å². The molecule has 1 N–H and O–H groups in total. The number of amides is 1. The first-order valence-corrected chi connectivity index (χ1v) is 7.94. The number of hydrogen-bond donors (Lipinski definition) is 1. The first kappa shape index (κ1) is 16.8. The monoisotopic (exact) mass is 309 g/mol. The van der Waals surface area contributed by atoms with Gasteiger partial charge in [-0.15, -0.1) is 0 Å². The van der Waals surface area contributed by atoms with Crippen LogP contribution in [-0.4, -0.2) is 13.0 Å². The lowest BCUT2D eigenvalue weighted by Crippen LogP contribution is -2.15. The van der Waals surface area contributed by atoms with E-state index in [1.165, 1.54) is 0 Å². The van der Waals surface area contributed by atoms with E-state index >= 15 is 0 Å². The average molecular weight is 309 g/mol. The van der Waals surface area contributed by atoms with Crippen LogP contribution in [0.15, 0.2) is 60.2 Å². The van der Waals surface area contributed by atoms with E-state index in [-0.39, 0.29) is 5.91 Å². The summed E-state index contributed by atoms with van der Waals surface area (Å²) in [5.41, 5.74) is 2.51. The Balaban J connectivity index is 2.21. The van der Waals surface area contributed by atoms with Gasteiger partial charge < -0.3 is 10.1 Å². The number of unbranched alkanes of at least 4 members (excludes halogenated alkanes) is 1. The molecule has 0 bridgehead atoms. The normalized spacial score (nSPS) is 11.1. The van der Waals surface area contributed by atoms with Gasteiger partial charge in [0, 0.05) is 5.57 Å². The van der Waals surface area contributed by atoms with E-state index in [1.807, 2.05) is 60.7 Å². The van der Waals surface area contributed by atoms with Gasteiger partial charge in [0.15, 0.2) is 0 Å². The molecular formula is C20H23NO2. The number of methoxy groups -OCH3 is 1. The van der Waals surface area contributed by atoms with E-state index in [0.29, 0.717) is 11.4 Å². The van der Waals surface area contributed by atoms with Gasteiger partial charge in [-0.2, -0.15) is 0 Å². The molecule has 2 rings (SSSR count). The lowest BCUT2D eigenvalue weighted by molar-refractivity contribution is -0.112. The maximum absolute atomic E-state index is 12.7. The van der Waals surface area contributed by atoms with Crippen molar-refractivity contribution in [2.75, 3.05) is 12.4 Å². The number of carbonyl (C=O) groups excluding carboxylic acids is 1. The number of rotatable bonds is 7. The molecular weight excluding hydrogens is 286 g/mol. The van der Waals surface area contributed by atoms with Crippen LogP contribution in [0.3, 0.4) is 0 Å². The van der Waals surface area contributed by atoms with Crippen LogP contribution >= 0.6 is 0 Å². The molecule has 3 heteroatoms. The highest BCUT2D eigenvalue weighted by molar-refractivity contribution is 6.07. The molecule has 0 saturated heterocycles. The number of para-hydroxylation sites is 2. The fourth-order valence-corrected chi connectivity index (χ4v) is 2.32. The smallest absolute Gasteiger partial charge is 0.251 e. The van der Waals surface area contributed by atoms with Crippen molar-refractivity contribution >= 4 is 17.7 Å². The van der Waals surface area contributed by atoms with Crippen LogP contribution in [0.2, 0.25) is 0 Å². The fraction of sp³-hybridized carbons (Fsp3) is 0.250. The Bertz CT molecular complexity index is 662. The first-order valence-electron chi connectivity index (χ1n) is 7.94. The average Bonchev–Trinajstić information content (AvgIpc) is 2.60. The molecule has 0 spiro atoms. The fourth-order valence-electron chi connectivity index (χ4n) is 2.32. The zero-order valence-electron chi connectivity index (χ0n) is 13.7. The van der Waals surface area contributed by atoms with Crippen LogP contribution in [0, 0.1) is 0 Å². The topological polar surface area (TPSA) is 38.3 Å². The SMILES string of the molecule is CCCC/C(=C\c1ccccc1)C(=O)Nc1ccccc1OC. The van der Waals surface area contributed by atoms with Crippen molar-refractivity contribution in [3.8, 4) is 5.75 Å². The van der Waals surface area contributed by atoms with E-state index in [9.17, 15) is 4.79 Å². The van der Waals surface area contributed by atoms with Crippen LogP contribution < -0.4 is 10.1 Å². The van der Waals surface area contributed by atoms with Crippen molar-refractivity contribution in [3.63, 3.8) is 0 Å². The molecule has 3 nitrogen and oxygen atoms in total. The minimum atomic E-state index is -0.0770. The van der Waals surface area contributed by atoms with E-state index in [2.05, 4.69) is 12.2 Å². The number of benzene rings is 2. The van der Waals surface area contributed by atoms with Crippen molar-refractivity contribution in [1.82, 2.24) is 0 Å². The summed E-state index contributed by atoms with van der Waals surface area (Å²) in [6, 6.07) is 17.4. The van der Waals surface area contributed by atoms with Gasteiger partial charge in [0.25, 0.3) is 5.91 Å². The van der Waals surface area contributed by atoms with Gasteiger partial charge in [-0.25, -0.2) is 0 Å². The molecule has 0 aromatic heterocycles. The van der Waals surface area contributed by atoms with Crippen LogP contribution in [-0.2, 0) is 4.79 Å². The highest BCUT2D eigenvalue weighted by Gasteiger charge is 2.12. The van der Waals surface area contributed by atoms with Gasteiger partial charge in [-0.3, -0.25) is 4.79 Å². The second-order valence-corrected chi connectivity index (χ2v) is 5.34. The second-order valence-electron chi connectivity index (χ2n) is 5.34. The van der Waals surface area contributed by atoms with E-state index in [1.54, 1.807) is 7.11 Å². The minimum absolute atomic E-state index is 0.0770. The van der Waals surface area contributed by atoms with E-state index < -0.39 is 0 Å². The minimum Gasteiger partial charge on any atom is -0.495 e. The Morgan fingerprint density at radius 1 is 1.09 bits per heavy atom. The maximum atomic E-state index is 12.7. The summed E-state index contributed by atoms with van der Waals surface area (Å²) in [6.07, 6.45) is 4.75. The van der Waals surface area contributed by atoms with Gasteiger partial charge in [0.2, 0.25) is 0 Å². The van der Waals surface area contributed by atoms with Crippen LogP contribution in [0.1, 0.15) is 31.7 Å². The summed E-state index contributed by atoms with van der Waals surface area (Å²) in [5, 5.41) is 2.96. The molecule has 2 aromatic rings. The quantitative estimate of drug-likeness (QED) is 0.738. The summed E-state index contributed by atoms with van der Waals surface area (Å²) in [6.45, 7) is 2.12. The van der Waals surface area contributed by atoms with Crippen molar-refractivity contribution in [3.05, 3.63) is 65.7 Å². The van der Waals surface area contributed by atoms with Crippen molar-refractivity contribution < 1.29 is 9.53 Å². The standard InChI is InChI=1S/C20H23NO2/c1-3-4-12-17(15-16-10-6-5-7-11-16)20(22)21-18-13-8-9-14-19(18)23-2/h5-11,13-15H,3-4,12H2,1-2H3,(H,21,22)/b17-15+. The summed E-state index contributed by atoms with van der Waals surface area (Å²) in [5.74, 6) is 0.585. The molecule has 0 heterocycles. The molecule has 0 unspecified atom stereocenters. The highest BCUT2D eigenvalue weighted by atomic mass is 16.5. The molecule has 0 saturated carbocycles. The van der Waals surface area contributed by atoms with Crippen molar-refractivity contribution in [2.45, 2.75) is 26.2 Å². The summed E-state index contributed by atoms with van der Waals surface area (Å²) < 4.78 is 5.29. The molecule has 23 heavy (non-hydrogen) atoms. The number of carbonyl (C=O) groups is 1. The Labute approximate surface area is 138 Å². The molecule has 0 aliphatic rings. The zero-order valence-corrected chi connectivity index (χ0v) is 13.7. The Morgan fingerprint density at radius 2 is 1.78 bits per heavy atom. The Hall–Kier alpha value is -2.55. The molecule has 0 aliphatic heterocycles. The Morgan fingerprint density at radius 3 is 2.48 bits per heavy atom. The molecule has 0 aliphatic carbocycles. The van der Waals surface area contributed by atoms with E-state index in [4.69, 9.17) is 4.74 Å². The second kappa shape index (κ2) is 8.79. The summed E-state index contributed by atoms with van der Waals surface area (Å²) >= 11 is 0. The van der Waals surface area contributed by atoms with Crippen molar-refractivity contribution in [1.29, 1.82) is 0 Å². The van der Waals surface area contributed by atoms with E-state index in [0.717, 1.165) is 30.4 Å². The first-order chi connectivity index (χ1) is 11.2. The van der Waals surface area contributed by atoms with Gasteiger partial charge in [0.1, 0.15) is 5.75 Å². The number of hydrogen-bond acceptors (Lipinski definition) is 2. The lowest BCUT2D eigenvalue weighted by Gasteiger charge is -2.12. The van der Waals surface area contributed by atoms with Crippen LogP contribution in [0.25, 0.3) is 6.08 Å². The van der Waals surface area contributed by atoms with Crippen LogP contribution in [0.5, 0.6) is 5.75 Å². The number of nitrogens with one attached hydrogen (secondary N) is 1. The third-order valence-electron chi connectivity index (χ3n) is 3.59. The maximum Gasteiger partial charge on any atom is 0.251 e. The number of anilines is 1. The predicted molar refractivity (Wildman–Crippen MR) is 95.6 cm³/mol. The largest absolute Gasteiger partial charge is 0.495 e. The summed E-state index contributed by atoms with van der Waals surface area (Å²) in [7, 11) is 1.60. The third-order valence-corrected chi connectivity index (χ3v) is 3.59. The molecule has 0 fully saturated rings. The number of ether oxygens (including phenoxy) is 1. The molecule has 0 atom stereocenters. The molecule has 0 radical (unpaired) electrons. The van der Waals surface area contributed by atoms with Gasteiger partial charge in [-0.1, -0.05) is 55.8 Å². The molecule has 2 aromatic carbocycles. The third kappa shape index (κ3) is 4.99. The highest BCUT2D eigenvalue weighted by Crippen LogP contribution is 2.24. The van der Waals surface area contributed by atoms with Crippen LogP contribution in [0.4, 0.5) is 5.69 Å². The summed E-state index contributed by atoms with van der Waals surface area (Å²) in [4.78, 5) is 12.7. The zero-order chi connectivity index (χ0) is 16.5. The molecule has 120 valence electrons. The Kier molecular flexibility index (Phi) is 6.42. The molecule has 1 amide bonds.